The summed E-state index contributed by atoms with van der Waals surface area (Å²) in [6.07, 6.45) is 2.23. The molecule has 1 amide bonds. The molecule has 16 heteroatoms. The van der Waals surface area contributed by atoms with E-state index in [0.29, 0.717) is 118 Å². The molecule has 0 aliphatic heterocycles. The second kappa shape index (κ2) is 33.6. The highest BCUT2D eigenvalue weighted by molar-refractivity contribution is 5.89. The molecule has 0 aromatic heterocycles. The maximum Gasteiger partial charge on any atom is 0.338 e. The van der Waals surface area contributed by atoms with Crippen molar-refractivity contribution in [3.05, 3.63) is 29.8 Å². The van der Waals surface area contributed by atoms with Gasteiger partial charge in [-0.15, -0.1) is 0 Å². The van der Waals surface area contributed by atoms with Crippen molar-refractivity contribution in [1.82, 2.24) is 5.32 Å². The van der Waals surface area contributed by atoms with Crippen molar-refractivity contribution in [2.75, 3.05) is 144 Å². The van der Waals surface area contributed by atoms with Crippen LogP contribution < -0.4 is 10.6 Å². The fourth-order valence-electron chi connectivity index (χ4n) is 3.60. The Hall–Kier alpha value is -2.93. The van der Waals surface area contributed by atoms with Gasteiger partial charge in [0.1, 0.15) is 19.8 Å². The Kier molecular flexibility index (Phi) is 30.2. The van der Waals surface area contributed by atoms with Crippen molar-refractivity contribution in [3.63, 3.8) is 0 Å². The zero-order valence-electron chi connectivity index (χ0n) is 28.8. The number of carboxylic acid groups (broad SMARTS) is 1. The molecule has 0 bridgehead atoms. The molecule has 282 valence electrons. The first kappa shape index (κ1) is 44.1. The largest absolute Gasteiger partial charge is 0.480 e. The highest BCUT2D eigenvalue weighted by atomic mass is 16.6. The van der Waals surface area contributed by atoms with E-state index in [-0.39, 0.29) is 19.2 Å². The lowest BCUT2D eigenvalue weighted by molar-refractivity contribution is -0.143. The Labute approximate surface area is 289 Å². The number of hydrogen-bond donors (Lipinski definition) is 3. The van der Waals surface area contributed by atoms with Crippen LogP contribution in [0.1, 0.15) is 30.1 Å². The summed E-state index contributed by atoms with van der Waals surface area (Å²) in [6.45, 7) is 9.40. The van der Waals surface area contributed by atoms with Crippen LogP contribution in [0.2, 0.25) is 0 Å². The Bertz CT molecular complexity index is 938. The SMILES string of the molecule is CCCCNc1ccc(C(=O)OCCOCCOCCOCCOCCOCCOCCOCCOCCNC(=O)COCC(=O)O)cc1. The van der Waals surface area contributed by atoms with Crippen LogP contribution in [0.3, 0.4) is 0 Å². The summed E-state index contributed by atoms with van der Waals surface area (Å²) in [6, 6.07) is 7.25. The van der Waals surface area contributed by atoms with Crippen LogP contribution in [-0.2, 0) is 57.0 Å². The van der Waals surface area contributed by atoms with Gasteiger partial charge in [-0.3, -0.25) is 4.79 Å². The summed E-state index contributed by atoms with van der Waals surface area (Å²) in [5.74, 6) is -1.90. The van der Waals surface area contributed by atoms with E-state index in [1.54, 1.807) is 12.1 Å². The minimum atomic E-state index is -1.13. The molecular formula is C33H56N2O14. The molecule has 0 atom stereocenters. The standard InChI is InChI=1S/C33H56N2O14/c1-2-3-8-34-30-6-4-29(5-7-30)33(39)49-26-25-47-24-23-46-22-21-45-20-19-44-18-17-43-16-15-42-14-13-41-12-11-40-10-9-35-31(36)27-48-28-32(37)38/h4-7,34H,2-3,8-28H2,1H3,(H,35,36)(H,37,38). The number of carboxylic acids is 1. The number of rotatable bonds is 36. The molecule has 0 saturated heterocycles. The molecule has 1 rings (SSSR count). The minimum Gasteiger partial charge on any atom is -0.480 e. The van der Waals surface area contributed by atoms with Gasteiger partial charge >= 0.3 is 11.9 Å². The maximum absolute atomic E-state index is 12.1. The molecule has 1 aromatic carbocycles. The Balaban J connectivity index is 1.72. The molecule has 0 heterocycles. The van der Waals surface area contributed by atoms with E-state index < -0.39 is 18.5 Å². The third kappa shape index (κ3) is 29.7. The smallest absolute Gasteiger partial charge is 0.338 e. The van der Waals surface area contributed by atoms with E-state index in [9.17, 15) is 14.4 Å². The summed E-state index contributed by atoms with van der Waals surface area (Å²) in [5, 5.41) is 14.3. The molecule has 0 aliphatic rings. The van der Waals surface area contributed by atoms with Crippen molar-refractivity contribution in [2.45, 2.75) is 19.8 Å². The lowest BCUT2D eigenvalue weighted by atomic mass is 10.2. The van der Waals surface area contributed by atoms with E-state index in [4.69, 9.17) is 47.7 Å². The van der Waals surface area contributed by atoms with Crippen LogP contribution in [0, 0.1) is 0 Å². The Morgan fingerprint density at radius 1 is 0.551 bits per heavy atom. The number of carbonyl (C=O) groups is 3. The number of amides is 1. The Morgan fingerprint density at radius 2 is 0.980 bits per heavy atom. The number of aliphatic carboxylic acids is 1. The molecule has 1 aromatic rings. The fourth-order valence-corrected chi connectivity index (χ4v) is 3.60. The topological polar surface area (TPSA) is 188 Å². The van der Waals surface area contributed by atoms with Crippen molar-refractivity contribution in [2.24, 2.45) is 0 Å². The molecule has 0 aliphatic carbocycles. The van der Waals surface area contributed by atoms with Gasteiger partial charge in [0.25, 0.3) is 0 Å². The van der Waals surface area contributed by atoms with Crippen LogP contribution >= 0.6 is 0 Å². The predicted molar refractivity (Wildman–Crippen MR) is 178 cm³/mol. The first-order chi connectivity index (χ1) is 24.0. The van der Waals surface area contributed by atoms with Gasteiger partial charge in [-0.05, 0) is 30.7 Å². The number of hydrogen-bond acceptors (Lipinski definition) is 14. The molecule has 0 spiro atoms. The molecular weight excluding hydrogens is 648 g/mol. The Morgan fingerprint density at radius 3 is 1.41 bits per heavy atom. The summed E-state index contributed by atoms with van der Waals surface area (Å²) in [7, 11) is 0. The van der Waals surface area contributed by atoms with Gasteiger partial charge in [-0.1, -0.05) is 13.3 Å². The highest BCUT2D eigenvalue weighted by Gasteiger charge is 2.07. The fraction of sp³-hybridized carbons (Fsp3) is 0.727. The zero-order chi connectivity index (χ0) is 35.5. The summed E-state index contributed by atoms with van der Waals surface area (Å²) < 4.78 is 53.3. The molecule has 0 unspecified atom stereocenters. The molecule has 0 saturated carbocycles. The van der Waals surface area contributed by atoms with E-state index in [2.05, 4.69) is 22.3 Å². The number of unbranched alkanes of at least 4 members (excludes halogenated alkanes) is 1. The van der Waals surface area contributed by atoms with Crippen molar-refractivity contribution < 1.29 is 66.9 Å². The van der Waals surface area contributed by atoms with Crippen molar-refractivity contribution in [3.8, 4) is 0 Å². The van der Waals surface area contributed by atoms with Crippen LogP contribution in [0.25, 0.3) is 0 Å². The zero-order valence-corrected chi connectivity index (χ0v) is 28.8. The minimum absolute atomic E-state index is 0.178. The van der Waals surface area contributed by atoms with Gasteiger partial charge in [0.15, 0.2) is 0 Å². The van der Waals surface area contributed by atoms with E-state index in [1.807, 2.05) is 12.1 Å². The van der Waals surface area contributed by atoms with Crippen molar-refractivity contribution >= 4 is 23.5 Å². The number of carbonyl (C=O) groups excluding carboxylic acids is 2. The summed E-state index contributed by atoms with van der Waals surface area (Å²) in [5.41, 5.74) is 1.50. The number of benzene rings is 1. The molecule has 16 nitrogen and oxygen atoms in total. The van der Waals surface area contributed by atoms with Crippen molar-refractivity contribution in [1.29, 1.82) is 0 Å². The van der Waals surface area contributed by atoms with Gasteiger partial charge < -0.3 is 63.1 Å². The third-order valence-electron chi connectivity index (χ3n) is 6.07. The van der Waals surface area contributed by atoms with E-state index in [1.165, 1.54) is 0 Å². The van der Waals surface area contributed by atoms with Gasteiger partial charge in [0, 0.05) is 18.8 Å². The highest BCUT2D eigenvalue weighted by Crippen LogP contribution is 2.10. The van der Waals surface area contributed by atoms with Gasteiger partial charge in [-0.25, -0.2) is 9.59 Å². The lowest BCUT2D eigenvalue weighted by Gasteiger charge is -2.09. The van der Waals surface area contributed by atoms with Gasteiger partial charge in [0.2, 0.25) is 5.91 Å². The molecule has 0 fully saturated rings. The monoisotopic (exact) mass is 704 g/mol. The van der Waals surface area contributed by atoms with Gasteiger partial charge in [0.05, 0.1) is 111 Å². The molecule has 0 radical (unpaired) electrons. The summed E-state index contributed by atoms with van der Waals surface area (Å²) in [4.78, 5) is 33.8. The van der Waals surface area contributed by atoms with Crippen LogP contribution in [0.5, 0.6) is 0 Å². The van der Waals surface area contributed by atoms with E-state index >= 15 is 0 Å². The molecule has 3 N–H and O–H groups in total. The van der Waals surface area contributed by atoms with Crippen LogP contribution in [0.15, 0.2) is 24.3 Å². The number of esters is 1. The van der Waals surface area contributed by atoms with Crippen LogP contribution in [0.4, 0.5) is 5.69 Å². The maximum atomic E-state index is 12.1. The lowest BCUT2D eigenvalue weighted by Crippen LogP contribution is -2.31. The first-order valence-corrected chi connectivity index (χ1v) is 16.7. The quantitative estimate of drug-likeness (QED) is 0.0672. The van der Waals surface area contributed by atoms with Gasteiger partial charge in [-0.2, -0.15) is 0 Å². The number of anilines is 1. The average Bonchev–Trinajstić information content (AvgIpc) is 3.09. The number of nitrogens with one attached hydrogen (secondary N) is 2. The number of ether oxygens (including phenoxy) is 10. The molecule has 49 heavy (non-hydrogen) atoms. The first-order valence-electron chi connectivity index (χ1n) is 16.7. The second-order valence-electron chi connectivity index (χ2n) is 10.1. The van der Waals surface area contributed by atoms with Crippen LogP contribution in [-0.4, -0.2) is 162 Å². The average molecular weight is 705 g/mol. The predicted octanol–water partition coefficient (Wildman–Crippen LogP) is 1.41. The second-order valence-corrected chi connectivity index (χ2v) is 10.1. The van der Waals surface area contributed by atoms with E-state index in [0.717, 1.165) is 25.1 Å². The summed E-state index contributed by atoms with van der Waals surface area (Å²) >= 11 is 0. The normalized spacial score (nSPS) is 11.0. The third-order valence-corrected chi connectivity index (χ3v) is 6.07.